The van der Waals surface area contributed by atoms with Gasteiger partial charge >= 0.3 is 0 Å². The van der Waals surface area contributed by atoms with Gasteiger partial charge in [-0.15, -0.1) is 11.3 Å². The predicted molar refractivity (Wildman–Crippen MR) is 81.5 cm³/mol. The average molecular weight is 326 g/mol. The first-order valence-corrected chi connectivity index (χ1v) is 7.30. The third-order valence-corrected chi connectivity index (χ3v) is 4.13. The maximum atomic E-state index is 14.1. The van der Waals surface area contributed by atoms with Gasteiger partial charge in [-0.2, -0.15) is 4.98 Å². The molecule has 0 fully saturated rings. The highest BCUT2D eigenvalue weighted by Gasteiger charge is 2.15. The van der Waals surface area contributed by atoms with Crippen LogP contribution in [-0.4, -0.2) is 9.97 Å². The van der Waals surface area contributed by atoms with E-state index in [0.29, 0.717) is 15.8 Å². The number of fused-ring (bicyclic) bond motifs is 1. The largest absolute Gasteiger partial charge is 0.335 e. The molecule has 2 aromatic heterocycles. The third kappa shape index (κ3) is 2.56. The van der Waals surface area contributed by atoms with Crippen LogP contribution in [0.15, 0.2) is 18.2 Å². The van der Waals surface area contributed by atoms with E-state index in [1.807, 2.05) is 13.0 Å². The number of hydrogen-bond acceptors (Lipinski definition) is 4. The number of benzene rings is 1. The Morgan fingerprint density at radius 1 is 1.19 bits per heavy atom. The van der Waals surface area contributed by atoms with Crippen LogP contribution in [0.3, 0.4) is 0 Å². The van der Waals surface area contributed by atoms with Crippen molar-refractivity contribution < 1.29 is 8.78 Å². The minimum Gasteiger partial charge on any atom is -0.335 e. The molecule has 3 rings (SSSR count). The van der Waals surface area contributed by atoms with Crippen LogP contribution in [0.25, 0.3) is 10.2 Å². The normalized spacial score (nSPS) is 11.1. The molecule has 0 saturated carbocycles. The van der Waals surface area contributed by atoms with Crippen LogP contribution >= 0.6 is 22.9 Å². The molecule has 108 valence electrons. The van der Waals surface area contributed by atoms with Gasteiger partial charge in [0.25, 0.3) is 0 Å². The molecule has 0 spiro atoms. The number of aryl methyl sites for hydroxylation is 2. The highest BCUT2D eigenvalue weighted by Crippen LogP contribution is 2.33. The van der Waals surface area contributed by atoms with E-state index >= 15 is 0 Å². The number of nitrogens with zero attached hydrogens (tertiary/aromatic N) is 2. The monoisotopic (exact) mass is 325 g/mol. The molecule has 0 amide bonds. The summed E-state index contributed by atoms with van der Waals surface area (Å²) < 4.78 is 27.9. The van der Waals surface area contributed by atoms with Gasteiger partial charge in [0.05, 0.1) is 5.39 Å². The van der Waals surface area contributed by atoms with Crippen LogP contribution in [0.2, 0.25) is 5.28 Å². The third-order valence-electron chi connectivity index (χ3n) is 3.02. The van der Waals surface area contributed by atoms with Gasteiger partial charge in [-0.1, -0.05) is 6.07 Å². The number of rotatable bonds is 2. The molecule has 0 aliphatic rings. The Balaban J connectivity index is 2.16. The van der Waals surface area contributed by atoms with Crippen LogP contribution < -0.4 is 5.32 Å². The molecule has 0 aliphatic heterocycles. The summed E-state index contributed by atoms with van der Waals surface area (Å²) in [5, 5.41) is 3.41. The lowest BCUT2D eigenvalue weighted by Gasteiger charge is -2.10. The Morgan fingerprint density at radius 2 is 1.95 bits per heavy atom. The zero-order chi connectivity index (χ0) is 15.1. The number of aromatic nitrogens is 2. The standard InChI is InChI=1S/C14H10ClF2N3S/c1-6-3-4-9(16)11(10(6)17)18-12-8-5-7(2)21-13(8)20-14(15)19-12/h3-5H,1-2H3,(H,18,19,20). The van der Waals surface area contributed by atoms with Gasteiger partial charge in [-0.05, 0) is 43.1 Å². The van der Waals surface area contributed by atoms with Gasteiger partial charge < -0.3 is 5.32 Å². The van der Waals surface area contributed by atoms with Gasteiger partial charge in [0.15, 0.2) is 5.82 Å². The van der Waals surface area contributed by atoms with Crippen LogP contribution in [0.1, 0.15) is 10.4 Å². The molecule has 0 aliphatic carbocycles. The fourth-order valence-corrected chi connectivity index (χ4v) is 3.10. The number of thiophene rings is 1. The van der Waals surface area contributed by atoms with E-state index in [2.05, 4.69) is 15.3 Å². The second-order valence-electron chi connectivity index (χ2n) is 4.60. The molecule has 1 aromatic carbocycles. The van der Waals surface area contributed by atoms with Crippen LogP contribution in [0.5, 0.6) is 0 Å². The number of anilines is 2. The van der Waals surface area contributed by atoms with Gasteiger partial charge in [0.1, 0.15) is 22.2 Å². The first-order chi connectivity index (χ1) is 9.95. The summed E-state index contributed by atoms with van der Waals surface area (Å²) in [7, 11) is 0. The van der Waals surface area contributed by atoms with E-state index < -0.39 is 11.6 Å². The lowest BCUT2D eigenvalue weighted by Crippen LogP contribution is -2.02. The first-order valence-electron chi connectivity index (χ1n) is 6.11. The molecular weight excluding hydrogens is 316 g/mol. The second-order valence-corrected chi connectivity index (χ2v) is 6.17. The summed E-state index contributed by atoms with van der Waals surface area (Å²) in [6, 6.07) is 4.44. The molecule has 0 atom stereocenters. The van der Waals surface area contributed by atoms with Crippen molar-refractivity contribution in [2.75, 3.05) is 5.32 Å². The van der Waals surface area contributed by atoms with Gasteiger partial charge in [-0.3, -0.25) is 0 Å². The molecule has 0 unspecified atom stereocenters. The van der Waals surface area contributed by atoms with Crippen molar-refractivity contribution in [2.45, 2.75) is 13.8 Å². The Labute approximate surface area is 128 Å². The molecule has 7 heteroatoms. The Morgan fingerprint density at radius 3 is 2.71 bits per heavy atom. The second kappa shape index (κ2) is 5.20. The van der Waals surface area contributed by atoms with Gasteiger partial charge in [-0.25, -0.2) is 13.8 Å². The van der Waals surface area contributed by atoms with E-state index in [-0.39, 0.29) is 16.8 Å². The zero-order valence-electron chi connectivity index (χ0n) is 11.2. The lowest BCUT2D eigenvalue weighted by atomic mass is 10.2. The van der Waals surface area contributed by atoms with Crippen molar-refractivity contribution in [1.29, 1.82) is 0 Å². The highest BCUT2D eigenvalue weighted by molar-refractivity contribution is 7.18. The topological polar surface area (TPSA) is 37.8 Å². The minimum atomic E-state index is -0.687. The van der Waals surface area contributed by atoms with E-state index in [9.17, 15) is 8.78 Å². The van der Waals surface area contributed by atoms with Crippen LogP contribution in [-0.2, 0) is 0 Å². The van der Waals surface area contributed by atoms with Crippen LogP contribution in [0, 0.1) is 25.5 Å². The van der Waals surface area contributed by atoms with Crippen molar-refractivity contribution in [3.63, 3.8) is 0 Å². The Bertz CT molecular complexity index is 848. The molecule has 0 saturated heterocycles. The van der Waals surface area contributed by atoms with E-state index in [0.717, 1.165) is 4.88 Å². The Kier molecular flexibility index (Phi) is 3.51. The van der Waals surface area contributed by atoms with Crippen molar-refractivity contribution >= 4 is 44.7 Å². The first kappa shape index (κ1) is 14.2. The highest BCUT2D eigenvalue weighted by atomic mass is 35.5. The molecular formula is C14H10ClF2N3S. The molecule has 2 heterocycles. The molecule has 0 radical (unpaired) electrons. The van der Waals surface area contributed by atoms with Crippen molar-refractivity contribution in [2.24, 2.45) is 0 Å². The number of halogens is 3. The fourth-order valence-electron chi connectivity index (χ4n) is 2.00. The summed E-state index contributed by atoms with van der Waals surface area (Å²) in [6.45, 7) is 3.48. The lowest BCUT2D eigenvalue weighted by molar-refractivity contribution is 0.585. The van der Waals surface area contributed by atoms with Crippen molar-refractivity contribution in [3.05, 3.63) is 45.6 Å². The molecule has 0 bridgehead atoms. The van der Waals surface area contributed by atoms with Gasteiger partial charge in [0, 0.05) is 4.88 Å². The molecule has 3 aromatic rings. The summed E-state index contributed by atoms with van der Waals surface area (Å²) in [5.41, 5.74) is 0.103. The number of hydrogen-bond donors (Lipinski definition) is 1. The van der Waals surface area contributed by atoms with E-state index in [1.165, 1.54) is 23.5 Å². The van der Waals surface area contributed by atoms with E-state index in [1.54, 1.807) is 6.92 Å². The summed E-state index contributed by atoms with van der Waals surface area (Å²) in [4.78, 5) is 9.82. The zero-order valence-corrected chi connectivity index (χ0v) is 12.7. The smallest absolute Gasteiger partial charge is 0.225 e. The van der Waals surface area contributed by atoms with E-state index in [4.69, 9.17) is 11.6 Å². The molecule has 3 nitrogen and oxygen atoms in total. The van der Waals surface area contributed by atoms with Crippen LogP contribution in [0.4, 0.5) is 20.3 Å². The average Bonchev–Trinajstić information content (AvgIpc) is 2.79. The molecule has 21 heavy (non-hydrogen) atoms. The molecule has 1 N–H and O–H groups in total. The summed E-state index contributed by atoms with van der Waals surface area (Å²) in [5.74, 6) is -1.05. The maximum absolute atomic E-state index is 14.1. The quantitative estimate of drug-likeness (QED) is 0.675. The number of nitrogens with one attached hydrogen (secondary N) is 1. The van der Waals surface area contributed by atoms with Crippen molar-refractivity contribution in [3.8, 4) is 0 Å². The van der Waals surface area contributed by atoms with Crippen molar-refractivity contribution in [1.82, 2.24) is 9.97 Å². The summed E-state index contributed by atoms with van der Waals surface area (Å²) >= 11 is 7.31. The fraction of sp³-hybridized carbons (Fsp3) is 0.143. The SMILES string of the molecule is Cc1cc2c(Nc3c(F)ccc(C)c3F)nc(Cl)nc2s1. The summed E-state index contributed by atoms with van der Waals surface area (Å²) in [6.07, 6.45) is 0. The Hall–Kier alpha value is -1.79. The maximum Gasteiger partial charge on any atom is 0.225 e. The van der Waals surface area contributed by atoms with Gasteiger partial charge in [0.2, 0.25) is 5.28 Å². The predicted octanol–water partition coefficient (Wildman–Crippen LogP) is 4.98. The minimum absolute atomic E-state index is 0.0281.